The van der Waals surface area contributed by atoms with Gasteiger partial charge < -0.3 is 4.74 Å². The molecule has 0 saturated carbocycles. The highest BCUT2D eigenvalue weighted by Crippen LogP contribution is 2.28. The van der Waals surface area contributed by atoms with Gasteiger partial charge in [-0.25, -0.2) is 17.2 Å². The molecule has 0 fully saturated rings. The van der Waals surface area contributed by atoms with Crippen LogP contribution in [0.2, 0.25) is 0 Å². The van der Waals surface area contributed by atoms with Crippen molar-refractivity contribution >= 4 is 9.84 Å². The smallest absolute Gasteiger partial charge is 0.489 e. The number of benzene rings is 3. The number of alkyl halides is 3. The van der Waals surface area contributed by atoms with Crippen LogP contribution < -0.4 is 4.74 Å². The van der Waals surface area contributed by atoms with E-state index in [1.165, 1.54) is 31.2 Å². The van der Waals surface area contributed by atoms with E-state index in [-0.39, 0.29) is 17.7 Å². The lowest BCUT2D eigenvalue weighted by atomic mass is 10.0. The summed E-state index contributed by atoms with van der Waals surface area (Å²) in [5, 5.41) is 0. The minimum absolute atomic E-state index is 0.00377. The van der Waals surface area contributed by atoms with Crippen LogP contribution in [0, 0.1) is 18.6 Å². The Hall–Kier alpha value is -2.94. The van der Waals surface area contributed by atoms with Crippen LogP contribution in [0.4, 0.5) is 22.0 Å². The summed E-state index contributed by atoms with van der Waals surface area (Å²) in [6.45, 7) is 1.52. The molecular weight excluding hydrogens is 439 g/mol. The van der Waals surface area contributed by atoms with Crippen molar-refractivity contribution in [1.29, 1.82) is 0 Å². The monoisotopic (exact) mass is 456 g/mol. The molecule has 164 valence electrons. The van der Waals surface area contributed by atoms with E-state index in [9.17, 15) is 30.4 Å². The largest absolute Gasteiger partial charge is 0.497 e. The van der Waals surface area contributed by atoms with Gasteiger partial charge in [-0.2, -0.15) is 13.2 Å². The van der Waals surface area contributed by atoms with Crippen LogP contribution in [-0.4, -0.2) is 13.9 Å². The van der Waals surface area contributed by atoms with Crippen LogP contribution >= 0.6 is 0 Å². The van der Waals surface area contributed by atoms with E-state index < -0.39 is 32.7 Å². The van der Waals surface area contributed by atoms with Gasteiger partial charge in [0.15, 0.2) is 0 Å². The lowest BCUT2D eigenvalue weighted by Gasteiger charge is -2.11. The molecule has 3 aromatic rings. The fraction of sp³-hybridized carbons (Fsp3) is 0.182. The number of hydrogen-bond acceptors (Lipinski definition) is 3. The van der Waals surface area contributed by atoms with Crippen molar-refractivity contribution in [2.75, 3.05) is 0 Å². The molecule has 3 aromatic carbocycles. The van der Waals surface area contributed by atoms with E-state index in [2.05, 4.69) is 0 Å². The Kier molecular flexibility index (Phi) is 6.35. The van der Waals surface area contributed by atoms with Crippen molar-refractivity contribution < 1.29 is 35.1 Å². The van der Waals surface area contributed by atoms with Crippen LogP contribution in [0.5, 0.6) is 5.75 Å². The molecule has 0 radical (unpaired) electrons. The van der Waals surface area contributed by atoms with E-state index in [0.717, 1.165) is 6.07 Å². The summed E-state index contributed by atoms with van der Waals surface area (Å²) in [5.41, 5.74) is -3.76. The number of halogens is 5. The molecule has 0 aliphatic carbocycles. The molecule has 0 atom stereocenters. The number of hydrogen-bond donors (Lipinski definition) is 0. The second-order valence-electron chi connectivity index (χ2n) is 6.92. The highest BCUT2D eigenvalue weighted by molar-refractivity contribution is 7.91. The predicted octanol–water partition coefficient (Wildman–Crippen LogP) is 5.95. The number of aryl methyl sites for hydroxylation is 1. The van der Waals surface area contributed by atoms with Gasteiger partial charge in [-0.3, -0.25) is 0 Å². The quantitative estimate of drug-likeness (QED) is 0.431. The molecule has 0 bridgehead atoms. The van der Waals surface area contributed by atoms with E-state index in [1.807, 2.05) is 0 Å². The fourth-order valence-electron chi connectivity index (χ4n) is 2.89. The van der Waals surface area contributed by atoms with Crippen LogP contribution in [0.1, 0.15) is 16.7 Å². The molecule has 0 aliphatic rings. The minimum Gasteiger partial charge on any atom is -0.489 e. The third-order valence-electron chi connectivity index (χ3n) is 4.52. The van der Waals surface area contributed by atoms with Gasteiger partial charge in [0.25, 0.3) is 9.84 Å². The summed E-state index contributed by atoms with van der Waals surface area (Å²) in [4.78, 5) is 0. The first-order valence-corrected chi connectivity index (χ1v) is 10.7. The Morgan fingerprint density at radius 3 is 2.16 bits per heavy atom. The maximum atomic E-state index is 14.0. The Bertz CT molecular complexity index is 1190. The number of rotatable bonds is 6. The predicted molar refractivity (Wildman–Crippen MR) is 106 cm³/mol. The minimum atomic E-state index is -5.32. The van der Waals surface area contributed by atoms with Crippen molar-refractivity contribution in [3.05, 3.63) is 89.0 Å². The van der Waals surface area contributed by atoms with Crippen molar-refractivity contribution in [3.8, 4) is 16.9 Å². The Morgan fingerprint density at radius 1 is 0.871 bits per heavy atom. The highest BCUT2D eigenvalue weighted by Gasteiger charge is 2.45. The fourth-order valence-corrected chi connectivity index (χ4v) is 3.67. The molecule has 3 nitrogen and oxygen atoms in total. The number of ether oxygens (including phenoxy) is 1. The average Bonchev–Trinajstić information content (AvgIpc) is 2.69. The normalized spacial score (nSPS) is 12.1. The Balaban J connectivity index is 1.69. The third kappa shape index (κ3) is 5.41. The first kappa shape index (κ1) is 22.7. The van der Waals surface area contributed by atoms with E-state index >= 15 is 0 Å². The van der Waals surface area contributed by atoms with Crippen LogP contribution in [-0.2, 0) is 22.2 Å². The molecule has 0 spiro atoms. The Morgan fingerprint density at radius 2 is 1.52 bits per heavy atom. The summed E-state index contributed by atoms with van der Waals surface area (Å²) in [5.74, 6) is -2.06. The summed E-state index contributed by atoms with van der Waals surface area (Å²) < 4.78 is 93.4. The first-order valence-electron chi connectivity index (χ1n) is 9.02. The lowest BCUT2D eigenvalue weighted by molar-refractivity contribution is -0.0437. The molecule has 0 N–H and O–H groups in total. The van der Waals surface area contributed by atoms with Crippen molar-refractivity contribution in [2.45, 2.75) is 24.8 Å². The van der Waals surface area contributed by atoms with E-state index in [4.69, 9.17) is 4.74 Å². The van der Waals surface area contributed by atoms with E-state index in [0.29, 0.717) is 22.4 Å². The number of sulfone groups is 1. The second-order valence-corrected chi connectivity index (χ2v) is 8.90. The molecule has 3 rings (SSSR count). The average molecular weight is 456 g/mol. The maximum Gasteiger partial charge on any atom is 0.497 e. The molecule has 0 heterocycles. The molecule has 0 aromatic heterocycles. The third-order valence-corrected chi connectivity index (χ3v) is 5.94. The van der Waals surface area contributed by atoms with Gasteiger partial charge in [0.2, 0.25) is 0 Å². The van der Waals surface area contributed by atoms with Crippen molar-refractivity contribution in [3.63, 3.8) is 0 Å². The first-order chi connectivity index (χ1) is 14.5. The van der Waals surface area contributed by atoms with Gasteiger partial charge in [0.05, 0.1) is 5.75 Å². The maximum absolute atomic E-state index is 14.0. The standard InChI is InChI=1S/C22H17F5O3S/c1-14-9-19(21(24)11-20(14)23)17-5-7-18(8-6-17)30-12-15-3-2-4-16(10-15)13-31(28,29)22(25,26)27/h2-11H,12-13H2,1H3. The topological polar surface area (TPSA) is 43.4 Å². The van der Waals surface area contributed by atoms with Gasteiger partial charge in [-0.15, -0.1) is 0 Å². The van der Waals surface area contributed by atoms with Crippen LogP contribution in [0.25, 0.3) is 11.1 Å². The summed E-state index contributed by atoms with van der Waals surface area (Å²) in [6, 6.07) is 14.2. The van der Waals surface area contributed by atoms with Crippen LogP contribution in [0.3, 0.4) is 0 Å². The second kappa shape index (κ2) is 8.66. The van der Waals surface area contributed by atoms with Gasteiger partial charge >= 0.3 is 5.51 Å². The summed E-state index contributed by atoms with van der Waals surface area (Å²) in [6.07, 6.45) is 0. The van der Waals surface area contributed by atoms with E-state index in [1.54, 1.807) is 30.3 Å². The summed E-state index contributed by atoms with van der Waals surface area (Å²) in [7, 11) is -5.27. The molecule has 9 heteroatoms. The van der Waals surface area contributed by atoms with Gasteiger partial charge in [-0.1, -0.05) is 36.4 Å². The molecule has 0 amide bonds. The Labute approximate surface area is 176 Å². The zero-order valence-electron chi connectivity index (χ0n) is 16.2. The molecule has 0 unspecified atom stereocenters. The molecular formula is C22H17F5O3S. The zero-order valence-corrected chi connectivity index (χ0v) is 17.0. The molecule has 0 aliphatic heterocycles. The van der Waals surface area contributed by atoms with Gasteiger partial charge in [-0.05, 0) is 47.4 Å². The highest BCUT2D eigenvalue weighted by atomic mass is 32.2. The SMILES string of the molecule is Cc1cc(-c2ccc(OCc3cccc(CS(=O)(=O)C(F)(F)F)c3)cc2)c(F)cc1F. The zero-order chi connectivity index (χ0) is 22.8. The van der Waals surface area contributed by atoms with Gasteiger partial charge in [0, 0.05) is 11.6 Å². The van der Waals surface area contributed by atoms with Crippen LogP contribution in [0.15, 0.2) is 60.7 Å². The summed E-state index contributed by atoms with van der Waals surface area (Å²) >= 11 is 0. The lowest BCUT2D eigenvalue weighted by Crippen LogP contribution is -2.24. The van der Waals surface area contributed by atoms with Crippen molar-refractivity contribution in [1.82, 2.24) is 0 Å². The molecule has 0 saturated heterocycles. The molecule has 31 heavy (non-hydrogen) atoms. The van der Waals surface area contributed by atoms with Crippen molar-refractivity contribution in [2.24, 2.45) is 0 Å². The van der Waals surface area contributed by atoms with Gasteiger partial charge in [0.1, 0.15) is 24.0 Å².